The third-order valence-electron chi connectivity index (χ3n) is 3.38. The van der Waals surface area contributed by atoms with Crippen LogP contribution in [0, 0.1) is 0 Å². The van der Waals surface area contributed by atoms with Crippen molar-refractivity contribution in [2.45, 2.75) is 30.0 Å². The first-order valence-corrected chi connectivity index (χ1v) is 8.68. The van der Waals surface area contributed by atoms with Crippen molar-refractivity contribution < 1.29 is 32.2 Å². The fraction of sp³-hybridized carbons (Fsp3) is 0.500. The van der Waals surface area contributed by atoms with Gasteiger partial charge in [-0.1, -0.05) is 12.1 Å². The lowest BCUT2D eigenvalue weighted by Crippen LogP contribution is -2.36. The third-order valence-corrected chi connectivity index (χ3v) is 4.58. The van der Waals surface area contributed by atoms with Gasteiger partial charge in [0.25, 0.3) is 5.91 Å². The number of thioether (sulfide) groups is 1. The number of benzene rings is 1. The molecule has 138 valence electrons. The first kappa shape index (κ1) is 19.6. The Balaban J connectivity index is 1.85. The zero-order valence-electron chi connectivity index (χ0n) is 13.3. The van der Waals surface area contributed by atoms with Gasteiger partial charge in [0.2, 0.25) is 0 Å². The van der Waals surface area contributed by atoms with Crippen LogP contribution < -0.4 is 5.32 Å². The Morgan fingerprint density at radius 1 is 1.32 bits per heavy atom. The second kappa shape index (κ2) is 9.10. The Bertz CT molecular complexity index is 603. The normalized spacial score (nSPS) is 17.3. The molecule has 0 radical (unpaired) electrons. The number of hydrogen-bond donors (Lipinski definition) is 1. The highest BCUT2D eigenvalue weighted by Gasteiger charge is 2.28. The molecule has 0 bridgehead atoms. The van der Waals surface area contributed by atoms with Gasteiger partial charge in [-0.05, 0) is 25.0 Å². The molecule has 2 rings (SSSR count). The lowest BCUT2D eigenvalue weighted by molar-refractivity contribution is -0.140. The summed E-state index contributed by atoms with van der Waals surface area (Å²) in [6.45, 7) is -1.49. The number of alkyl halides is 3. The highest BCUT2D eigenvalue weighted by molar-refractivity contribution is 7.99. The summed E-state index contributed by atoms with van der Waals surface area (Å²) in [6.07, 6.45) is -2.38. The van der Waals surface area contributed by atoms with Gasteiger partial charge in [0.05, 0.1) is 11.7 Å². The topological polar surface area (TPSA) is 64.6 Å². The van der Waals surface area contributed by atoms with E-state index in [9.17, 15) is 22.8 Å². The van der Waals surface area contributed by atoms with E-state index in [2.05, 4.69) is 0 Å². The Kier molecular flexibility index (Phi) is 7.12. The van der Waals surface area contributed by atoms with Crippen LogP contribution in [0.3, 0.4) is 0 Å². The molecule has 1 fully saturated rings. The van der Waals surface area contributed by atoms with E-state index in [4.69, 9.17) is 9.47 Å². The molecule has 1 aliphatic rings. The fourth-order valence-electron chi connectivity index (χ4n) is 2.18. The first-order valence-electron chi connectivity index (χ1n) is 7.69. The summed E-state index contributed by atoms with van der Waals surface area (Å²) < 4.78 is 46.4. The van der Waals surface area contributed by atoms with E-state index < -0.39 is 31.2 Å². The molecule has 1 atom stereocenters. The summed E-state index contributed by atoms with van der Waals surface area (Å²) in [4.78, 5) is 24.1. The Hall–Kier alpha value is -1.74. The Morgan fingerprint density at radius 3 is 2.76 bits per heavy atom. The highest BCUT2D eigenvalue weighted by Crippen LogP contribution is 2.27. The van der Waals surface area contributed by atoms with Gasteiger partial charge < -0.3 is 14.8 Å². The zero-order chi connectivity index (χ0) is 18.3. The van der Waals surface area contributed by atoms with Gasteiger partial charge in [-0.25, -0.2) is 4.79 Å². The van der Waals surface area contributed by atoms with Crippen molar-refractivity contribution in [1.29, 1.82) is 0 Å². The van der Waals surface area contributed by atoms with Crippen LogP contribution in [0.1, 0.15) is 23.2 Å². The van der Waals surface area contributed by atoms with Gasteiger partial charge in [-0.2, -0.15) is 13.2 Å². The van der Waals surface area contributed by atoms with Gasteiger partial charge in [-0.3, -0.25) is 4.79 Å². The van der Waals surface area contributed by atoms with E-state index >= 15 is 0 Å². The summed E-state index contributed by atoms with van der Waals surface area (Å²) in [5.74, 6) is -1.07. The summed E-state index contributed by atoms with van der Waals surface area (Å²) in [6, 6.07) is 6.72. The van der Waals surface area contributed by atoms with Crippen molar-refractivity contribution in [3.63, 3.8) is 0 Å². The molecule has 5 nitrogen and oxygen atoms in total. The number of amides is 1. The van der Waals surface area contributed by atoms with Crippen molar-refractivity contribution >= 4 is 23.6 Å². The molecule has 1 aromatic carbocycles. The van der Waals surface area contributed by atoms with E-state index in [0.29, 0.717) is 10.6 Å². The molecule has 9 heteroatoms. The first-order chi connectivity index (χ1) is 11.8. The number of esters is 1. The van der Waals surface area contributed by atoms with Crippen molar-refractivity contribution in [1.82, 2.24) is 5.32 Å². The SMILES string of the molecule is O=C(COC(=O)c1ccccc1SC[C@H]1CCCO1)NCC(F)(F)F. The Morgan fingerprint density at radius 2 is 2.08 bits per heavy atom. The minimum absolute atomic E-state index is 0.141. The van der Waals surface area contributed by atoms with E-state index in [-0.39, 0.29) is 11.7 Å². The maximum atomic E-state index is 12.1. The van der Waals surface area contributed by atoms with Crippen LogP contribution in [0.4, 0.5) is 13.2 Å². The zero-order valence-corrected chi connectivity index (χ0v) is 14.1. The van der Waals surface area contributed by atoms with E-state index in [1.54, 1.807) is 29.6 Å². The average molecular weight is 377 g/mol. The van der Waals surface area contributed by atoms with Gasteiger partial charge in [0, 0.05) is 17.3 Å². The van der Waals surface area contributed by atoms with E-state index in [1.165, 1.54) is 11.8 Å². The molecular weight excluding hydrogens is 359 g/mol. The van der Waals surface area contributed by atoms with Crippen LogP contribution in [0.5, 0.6) is 0 Å². The summed E-state index contributed by atoms with van der Waals surface area (Å²) in [5, 5.41) is 1.64. The molecular formula is C16H18F3NO4S. The van der Waals surface area contributed by atoms with E-state index in [0.717, 1.165) is 19.4 Å². The molecule has 1 saturated heterocycles. The summed E-state index contributed by atoms with van der Waals surface area (Å²) >= 11 is 1.45. The molecule has 0 aromatic heterocycles. The number of carbonyl (C=O) groups is 2. The molecule has 1 N–H and O–H groups in total. The van der Waals surface area contributed by atoms with Crippen LogP contribution in [0.15, 0.2) is 29.2 Å². The van der Waals surface area contributed by atoms with Gasteiger partial charge >= 0.3 is 12.1 Å². The van der Waals surface area contributed by atoms with E-state index in [1.807, 2.05) is 0 Å². The molecule has 0 aliphatic carbocycles. The minimum Gasteiger partial charge on any atom is -0.452 e. The standard InChI is InChI=1S/C16H18F3NO4S/c17-16(18,19)10-20-14(21)8-24-15(22)12-5-1-2-6-13(12)25-9-11-4-3-7-23-11/h1-2,5-6,11H,3-4,7-10H2,(H,20,21)/t11-/m1/s1. The van der Waals surface area contributed by atoms with Gasteiger partial charge in [0.15, 0.2) is 6.61 Å². The molecule has 0 spiro atoms. The number of halogens is 3. The fourth-order valence-corrected chi connectivity index (χ4v) is 3.29. The molecule has 1 aromatic rings. The number of ether oxygens (including phenoxy) is 2. The number of hydrogen-bond acceptors (Lipinski definition) is 5. The smallest absolute Gasteiger partial charge is 0.405 e. The van der Waals surface area contributed by atoms with Crippen molar-refractivity contribution in [2.24, 2.45) is 0 Å². The molecule has 1 heterocycles. The largest absolute Gasteiger partial charge is 0.452 e. The highest BCUT2D eigenvalue weighted by atomic mass is 32.2. The quantitative estimate of drug-likeness (QED) is 0.585. The van der Waals surface area contributed by atoms with Crippen LogP contribution in [-0.2, 0) is 14.3 Å². The van der Waals surface area contributed by atoms with Crippen LogP contribution in [0.2, 0.25) is 0 Å². The number of nitrogens with one attached hydrogen (secondary N) is 1. The predicted octanol–water partition coefficient (Wildman–Crippen LogP) is 2.79. The molecule has 0 saturated carbocycles. The van der Waals surface area contributed by atoms with Crippen LogP contribution >= 0.6 is 11.8 Å². The lowest BCUT2D eigenvalue weighted by Gasteiger charge is -2.12. The molecule has 0 unspecified atom stereocenters. The second-order valence-electron chi connectivity index (χ2n) is 5.41. The number of carbonyl (C=O) groups excluding carboxylic acids is 2. The predicted molar refractivity (Wildman–Crippen MR) is 85.5 cm³/mol. The lowest BCUT2D eigenvalue weighted by atomic mass is 10.2. The molecule has 1 amide bonds. The Labute approximate surface area is 147 Å². The minimum atomic E-state index is -4.51. The second-order valence-corrected chi connectivity index (χ2v) is 6.47. The maximum Gasteiger partial charge on any atom is 0.405 e. The van der Waals surface area contributed by atoms with Crippen molar-refractivity contribution in [3.8, 4) is 0 Å². The molecule has 25 heavy (non-hydrogen) atoms. The average Bonchev–Trinajstić information content (AvgIpc) is 3.09. The monoisotopic (exact) mass is 377 g/mol. The van der Waals surface area contributed by atoms with Crippen molar-refractivity contribution in [3.05, 3.63) is 29.8 Å². The van der Waals surface area contributed by atoms with Crippen LogP contribution in [-0.4, -0.2) is 49.7 Å². The van der Waals surface area contributed by atoms with Gasteiger partial charge in [-0.15, -0.1) is 11.8 Å². The van der Waals surface area contributed by atoms with Crippen LogP contribution in [0.25, 0.3) is 0 Å². The summed E-state index contributed by atoms with van der Waals surface area (Å²) in [5.41, 5.74) is 0.272. The number of rotatable bonds is 7. The van der Waals surface area contributed by atoms with Gasteiger partial charge in [0.1, 0.15) is 6.54 Å². The third kappa shape index (κ3) is 6.95. The van der Waals surface area contributed by atoms with Crippen molar-refractivity contribution in [2.75, 3.05) is 25.5 Å². The maximum absolute atomic E-state index is 12.1. The summed E-state index contributed by atoms with van der Waals surface area (Å²) in [7, 11) is 0. The molecule has 1 aliphatic heterocycles.